The Morgan fingerprint density at radius 1 is 1.21 bits per heavy atom. The summed E-state index contributed by atoms with van der Waals surface area (Å²) >= 11 is 1.71. The topological polar surface area (TPSA) is 73.1 Å². The van der Waals surface area contributed by atoms with Gasteiger partial charge < -0.3 is 14.5 Å². The van der Waals surface area contributed by atoms with E-state index in [9.17, 15) is 4.79 Å². The molecule has 2 aliphatic rings. The lowest BCUT2D eigenvalue weighted by atomic mass is 10.0. The maximum atomic E-state index is 13.1. The summed E-state index contributed by atoms with van der Waals surface area (Å²) in [5.74, 6) is 1.06. The first-order valence-corrected chi connectivity index (χ1v) is 10.8. The summed E-state index contributed by atoms with van der Waals surface area (Å²) in [4.78, 5) is 20.9. The quantitative estimate of drug-likeness (QED) is 0.817. The number of carbonyl (C=O) groups excluding carboxylic acids is 1. The van der Waals surface area contributed by atoms with Crippen molar-refractivity contribution in [2.45, 2.75) is 33.4 Å². The third kappa shape index (κ3) is 3.87. The summed E-state index contributed by atoms with van der Waals surface area (Å²) in [5, 5.41) is 15.2. The Morgan fingerprint density at radius 3 is 2.68 bits per heavy atom. The molecule has 4 rings (SSSR count). The van der Waals surface area contributed by atoms with Gasteiger partial charge >= 0.3 is 0 Å². The molecule has 2 aromatic rings. The van der Waals surface area contributed by atoms with Gasteiger partial charge in [0.1, 0.15) is 5.76 Å². The van der Waals surface area contributed by atoms with Gasteiger partial charge in [-0.3, -0.25) is 14.6 Å². The summed E-state index contributed by atoms with van der Waals surface area (Å²) in [5.41, 5.74) is 4.28. The molecular formula is C20H28N4O3S. The molecule has 0 unspecified atom stereocenters. The Balaban J connectivity index is 1.40. The smallest absolute Gasteiger partial charge is 0.255 e. The van der Waals surface area contributed by atoms with E-state index in [4.69, 9.17) is 9.63 Å². The van der Waals surface area contributed by atoms with Crippen molar-refractivity contribution in [3.63, 3.8) is 0 Å². The summed E-state index contributed by atoms with van der Waals surface area (Å²) in [6.07, 6.45) is 0.910. The SMILES string of the molecule is Cc1noc(C)c1CN1CCc2c(C(=O)N3CCN(CCO)CC3)csc2C1. The van der Waals surface area contributed by atoms with Crippen LogP contribution in [0.4, 0.5) is 0 Å². The molecule has 1 N–H and O–H groups in total. The van der Waals surface area contributed by atoms with Crippen LogP contribution < -0.4 is 0 Å². The van der Waals surface area contributed by atoms with Gasteiger partial charge in [0.25, 0.3) is 5.91 Å². The van der Waals surface area contributed by atoms with Crippen LogP contribution in [0.3, 0.4) is 0 Å². The van der Waals surface area contributed by atoms with Gasteiger partial charge in [-0.15, -0.1) is 11.3 Å². The number of aliphatic hydroxyl groups is 1. The van der Waals surface area contributed by atoms with Gasteiger partial charge in [0, 0.05) is 68.2 Å². The lowest BCUT2D eigenvalue weighted by molar-refractivity contribution is 0.0613. The molecule has 1 saturated heterocycles. The fourth-order valence-corrected chi connectivity index (χ4v) is 5.25. The largest absolute Gasteiger partial charge is 0.395 e. The minimum absolute atomic E-state index is 0.167. The maximum Gasteiger partial charge on any atom is 0.255 e. The van der Waals surface area contributed by atoms with Crippen LogP contribution in [-0.4, -0.2) is 76.7 Å². The van der Waals surface area contributed by atoms with Crippen molar-refractivity contribution in [2.75, 3.05) is 45.9 Å². The highest BCUT2D eigenvalue weighted by molar-refractivity contribution is 7.10. The Labute approximate surface area is 169 Å². The zero-order valence-electron chi connectivity index (χ0n) is 16.6. The second-order valence-electron chi connectivity index (χ2n) is 7.67. The number of hydrogen-bond acceptors (Lipinski definition) is 7. The van der Waals surface area contributed by atoms with Crippen LogP contribution >= 0.6 is 11.3 Å². The summed E-state index contributed by atoms with van der Waals surface area (Å²) in [7, 11) is 0. The van der Waals surface area contributed by atoms with Crippen LogP contribution in [0.5, 0.6) is 0 Å². The third-order valence-corrected chi connectivity index (χ3v) is 6.91. The molecule has 2 aliphatic heterocycles. The van der Waals surface area contributed by atoms with E-state index in [-0.39, 0.29) is 12.5 Å². The summed E-state index contributed by atoms with van der Waals surface area (Å²) < 4.78 is 5.29. The van der Waals surface area contributed by atoms with E-state index in [1.165, 1.54) is 16.0 Å². The Bertz CT molecular complexity index is 819. The second-order valence-corrected chi connectivity index (χ2v) is 8.64. The molecule has 2 aromatic heterocycles. The van der Waals surface area contributed by atoms with Gasteiger partial charge in [-0.25, -0.2) is 0 Å². The van der Waals surface area contributed by atoms with Crippen LogP contribution in [-0.2, 0) is 19.5 Å². The number of fused-ring (bicyclic) bond motifs is 1. The van der Waals surface area contributed by atoms with Gasteiger partial charge in [-0.05, 0) is 25.8 Å². The molecule has 1 amide bonds. The Hall–Kier alpha value is -1.74. The lowest BCUT2D eigenvalue weighted by Gasteiger charge is -2.34. The van der Waals surface area contributed by atoms with Crippen LogP contribution in [0.25, 0.3) is 0 Å². The van der Waals surface area contributed by atoms with E-state index in [0.717, 1.165) is 69.3 Å². The van der Waals surface area contributed by atoms with Gasteiger partial charge in [0.15, 0.2) is 0 Å². The lowest BCUT2D eigenvalue weighted by Crippen LogP contribution is -2.49. The molecule has 0 radical (unpaired) electrons. The summed E-state index contributed by atoms with van der Waals surface area (Å²) in [6.45, 7) is 10.6. The average molecular weight is 405 g/mol. The van der Waals surface area contributed by atoms with Crippen molar-refractivity contribution in [3.8, 4) is 0 Å². The predicted molar refractivity (Wildman–Crippen MR) is 108 cm³/mol. The number of nitrogens with zero attached hydrogens (tertiary/aromatic N) is 4. The maximum absolute atomic E-state index is 13.1. The predicted octanol–water partition coefficient (Wildman–Crippen LogP) is 1.66. The van der Waals surface area contributed by atoms with Crippen LogP contribution in [0.15, 0.2) is 9.90 Å². The zero-order chi connectivity index (χ0) is 19.7. The molecule has 28 heavy (non-hydrogen) atoms. The Kier molecular flexibility index (Phi) is 5.82. The highest BCUT2D eigenvalue weighted by Gasteiger charge is 2.28. The van der Waals surface area contributed by atoms with Crippen LogP contribution in [0, 0.1) is 13.8 Å². The first kappa shape index (κ1) is 19.6. The highest BCUT2D eigenvalue weighted by Crippen LogP contribution is 2.31. The first-order chi connectivity index (χ1) is 13.6. The molecule has 7 nitrogen and oxygen atoms in total. The molecule has 0 atom stereocenters. The van der Waals surface area contributed by atoms with Crippen LogP contribution in [0.2, 0.25) is 0 Å². The first-order valence-electron chi connectivity index (χ1n) is 9.92. The number of thiophene rings is 1. The molecule has 0 spiro atoms. The monoisotopic (exact) mass is 404 g/mol. The van der Waals surface area contributed by atoms with E-state index in [1.807, 2.05) is 24.1 Å². The normalized spacial score (nSPS) is 18.5. The number of rotatable bonds is 5. The van der Waals surface area contributed by atoms with Crippen molar-refractivity contribution in [2.24, 2.45) is 0 Å². The third-order valence-electron chi connectivity index (χ3n) is 5.90. The number of piperazine rings is 1. The number of aliphatic hydroxyl groups excluding tert-OH is 1. The summed E-state index contributed by atoms with van der Waals surface area (Å²) in [6, 6.07) is 0. The van der Waals surface area contributed by atoms with Crippen molar-refractivity contribution < 1.29 is 14.4 Å². The minimum Gasteiger partial charge on any atom is -0.395 e. The standard InChI is InChI=1S/C20H28N4O3S/c1-14-17(15(2)27-21-14)11-23-4-3-16-18(13-28-19(16)12-23)20(26)24-7-5-22(6-8-24)9-10-25/h13,25H,3-12H2,1-2H3. The average Bonchev–Trinajstić information content (AvgIpc) is 3.26. The van der Waals surface area contributed by atoms with Gasteiger partial charge in [0.05, 0.1) is 17.9 Å². The van der Waals surface area contributed by atoms with E-state index in [2.05, 4.69) is 15.0 Å². The van der Waals surface area contributed by atoms with E-state index in [0.29, 0.717) is 6.54 Å². The molecule has 152 valence electrons. The molecule has 0 bridgehead atoms. The number of β-amino-alcohol motifs (C(OH)–C–C–N with tert-alkyl or cyclic N) is 1. The second kappa shape index (κ2) is 8.32. The van der Waals surface area contributed by atoms with Gasteiger partial charge in [-0.2, -0.15) is 0 Å². The van der Waals surface area contributed by atoms with E-state index < -0.39 is 0 Å². The molecular weight excluding hydrogens is 376 g/mol. The molecule has 0 aromatic carbocycles. The number of hydrogen-bond donors (Lipinski definition) is 1. The van der Waals surface area contributed by atoms with E-state index in [1.54, 1.807) is 11.3 Å². The number of aromatic nitrogens is 1. The van der Waals surface area contributed by atoms with Gasteiger partial charge in [-0.1, -0.05) is 5.16 Å². The number of aryl methyl sites for hydroxylation is 2. The zero-order valence-corrected chi connectivity index (χ0v) is 17.4. The van der Waals surface area contributed by atoms with Gasteiger partial charge in [0.2, 0.25) is 0 Å². The number of carbonyl (C=O) groups is 1. The van der Waals surface area contributed by atoms with Crippen LogP contribution in [0.1, 0.15) is 37.8 Å². The molecule has 8 heteroatoms. The fourth-order valence-electron chi connectivity index (χ4n) is 4.13. The fraction of sp³-hybridized carbons (Fsp3) is 0.600. The molecule has 0 aliphatic carbocycles. The van der Waals surface area contributed by atoms with Crippen molar-refractivity contribution in [3.05, 3.63) is 38.4 Å². The molecule has 4 heterocycles. The number of amides is 1. The Morgan fingerprint density at radius 2 is 2.00 bits per heavy atom. The molecule has 0 saturated carbocycles. The van der Waals surface area contributed by atoms with Crippen molar-refractivity contribution in [1.29, 1.82) is 0 Å². The highest BCUT2D eigenvalue weighted by atomic mass is 32.1. The minimum atomic E-state index is 0.167. The van der Waals surface area contributed by atoms with Crippen molar-refractivity contribution in [1.82, 2.24) is 19.9 Å². The van der Waals surface area contributed by atoms with Crippen molar-refractivity contribution >= 4 is 17.2 Å². The molecule has 1 fully saturated rings. The van der Waals surface area contributed by atoms with E-state index >= 15 is 0 Å².